The molecule has 13 atom stereocenters. The first-order chi connectivity index (χ1) is 52.2. The van der Waals surface area contributed by atoms with E-state index < -0.39 is 77.8 Å². The van der Waals surface area contributed by atoms with Crippen LogP contribution in [0, 0.1) is 97.9 Å². The summed E-state index contributed by atoms with van der Waals surface area (Å²) in [5.41, 5.74) is 11.0. The number of aldehydes is 2. The van der Waals surface area contributed by atoms with Gasteiger partial charge in [-0.25, -0.2) is 30.7 Å². The molecule has 7 aromatic carbocycles. The zero-order valence-corrected chi connectivity index (χ0v) is 64.7. The topological polar surface area (TPSA) is 416 Å². The minimum atomic E-state index is -3.11. The molecule has 1 unspecified atom stereocenters. The molecule has 0 bridgehead atoms. The number of carbonyl (C=O) groups is 2. The van der Waals surface area contributed by atoms with E-state index in [1.54, 1.807) is 36.4 Å². The van der Waals surface area contributed by atoms with Crippen molar-refractivity contribution in [1.29, 1.82) is 26.3 Å². The summed E-state index contributed by atoms with van der Waals surface area (Å²) in [6, 6.07) is 37.0. The summed E-state index contributed by atoms with van der Waals surface area (Å²) in [6.45, 7) is 4.93. The normalized spacial score (nSPS) is 19.8. The van der Waals surface area contributed by atoms with Crippen LogP contribution in [0.2, 0.25) is 0 Å². The first kappa shape index (κ1) is 94.2. The van der Waals surface area contributed by atoms with E-state index in [2.05, 4.69) is 0 Å². The molecule has 0 saturated heterocycles. The molecule has 0 radical (unpaired) electrons. The van der Waals surface area contributed by atoms with E-state index in [9.17, 15) is 71.0 Å². The molecule has 0 aromatic heterocycles. The van der Waals surface area contributed by atoms with Crippen LogP contribution in [-0.4, -0.2) is 142 Å². The number of benzene rings is 7. The van der Waals surface area contributed by atoms with E-state index in [0.717, 1.165) is 51.7 Å². The average Bonchev–Trinajstić information content (AvgIpc) is 0.845. The number of aryl methyl sites for hydroxylation is 7. The van der Waals surface area contributed by atoms with Gasteiger partial charge < -0.3 is 87.6 Å². The molecule has 0 fully saturated rings. The van der Waals surface area contributed by atoms with Gasteiger partial charge in [-0.05, 0) is 256 Å². The molecular weight excluding hydrogens is 1510 g/mol. The van der Waals surface area contributed by atoms with Crippen molar-refractivity contribution in [3.63, 3.8) is 0 Å². The Morgan fingerprint density at radius 1 is 0.387 bits per heavy atom. The Morgan fingerprint density at radius 2 is 0.586 bits per heavy atom. The van der Waals surface area contributed by atoms with Crippen LogP contribution in [0.5, 0.6) is 40.2 Å². The van der Waals surface area contributed by atoms with Gasteiger partial charge in [-0.15, -0.1) is 12.6 Å². The van der Waals surface area contributed by atoms with Crippen LogP contribution in [0.4, 0.5) is 30.7 Å². The first-order valence-corrected chi connectivity index (χ1v) is 34.7. The summed E-state index contributed by atoms with van der Waals surface area (Å²) in [7, 11) is -3.11. The summed E-state index contributed by atoms with van der Waals surface area (Å²) in [5.74, 6) is 2.07. The second-order valence-corrected chi connectivity index (χ2v) is 25.1. The standard InChI is InChI=1S/C11H14FNO2.4C11H10FNO2.C11H11FO3.C10H9FO2.CN.2Na.O3S.H/c6*12-8-2-4-10-7(5-8)1-3-11(15-10)9(14)6-13;11-8-2-4-10-7(5-8)1-3-9(6-12)13-10;1-2;;;1-4(2)3;/h2,4-5,9,11,14H,1,3,6,13H2;4*2,4-5,9,11,14H,1,3H2;2,4-6,9,11,14H,1,3H2;2,4-6,9H,1,3H2;;;;;/q;;;;;;;-1;2*+1;;-1/t9-,11-;2*9-,11+;2*9-,11-;9-,11+;;;;;;/m111111....../s1. The van der Waals surface area contributed by atoms with Gasteiger partial charge >= 0.3 is 69.7 Å². The van der Waals surface area contributed by atoms with E-state index in [1.165, 1.54) is 115 Å². The third-order valence-corrected chi connectivity index (χ3v) is 17.3. The molecule has 7 aliphatic heterocycles. The van der Waals surface area contributed by atoms with Gasteiger partial charge in [0.1, 0.15) is 130 Å². The van der Waals surface area contributed by atoms with Crippen molar-refractivity contribution in [2.45, 2.75) is 169 Å². The molecule has 7 aliphatic rings. The van der Waals surface area contributed by atoms with Gasteiger partial charge in [-0.3, -0.25) is 4.79 Å². The van der Waals surface area contributed by atoms with E-state index in [4.69, 9.17) is 84.4 Å². The van der Waals surface area contributed by atoms with Crippen molar-refractivity contribution in [2.75, 3.05) is 6.54 Å². The quantitative estimate of drug-likeness (QED) is 0.0359. The van der Waals surface area contributed by atoms with Crippen LogP contribution in [0.25, 0.3) is 0 Å². The number of hydrogen-bond acceptors (Lipinski definition) is 24. The molecule has 578 valence electrons. The Morgan fingerprint density at radius 3 is 0.802 bits per heavy atom. The Kier molecular flexibility index (Phi) is 40.6. The smallest absolute Gasteiger partial charge is 1.00 e. The number of rotatable bonds is 9. The number of nitrogens with zero attached hydrogens (tertiary/aromatic N) is 5. The number of fused-ring (bicyclic) bond motifs is 7. The van der Waals surface area contributed by atoms with Gasteiger partial charge in [0.25, 0.3) is 0 Å². The zero-order chi connectivity index (χ0) is 79.9. The van der Waals surface area contributed by atoms with Gasteiger partial charge in [-0.1, -0.05) is 0 Å². The Labute approximate surface area is 681 Å². The summed E-state index contributed by atoms with van der Waals surface area (Å²) in [4.78, 5) is 20.8. The summed E-state index contributed by atoms with van der Waals surface area (Å²) < 4.78 is 153. The van der Waals surface area contributed by atoms with Crippen LogP contribution in [0.15, 0.2) is 127 Å². The molecule has 7 heterocycles. The first-order valence-electron chi connectivity index (χ1n) is 33.7. The molecule has 7 aromatic rings. The minimum absolute atomic E-state index is 0. The number of aliphatic hydroxyl groups excluding tert-OH is 6. The van der Waals surface area contributed by atoms with E-state index in [0.29, 0.717) is 130 Å². The summed E-state index contributed by atoms with van der Waals surface area (Å²) in [5, 5.41) is 96.5. The van der Waals surface area contributed by atoms with Crippen molar-refractivity contribution in [3.8, 4) is 64.5 Å². The van der Waals surface area contributed by atoms with Gasteiger partial charge in [0.2, 0.25) is 0 Å². The summed E-state index contributed by atoms with van der Waals surface area (Å²) in [6.07, 6.45) is 0.314. The third-order valence-electron chi connectivity index (χ3n) is 17.3. The van der Waals surface area contributed by atoms with E-state index in [1.807, 2.05) is 0 Å². The monoisotopic (exact) mass is 1580 g/mol. The molecule has 0 amide bonds. The number of nitrogens with two attached hydrogens (primary N) is 1. The summed E-state index contributed by atoms with van der Waals surface area (Å²) >= 11 is 0. The number of nitriles is 4. The van der Waals surface area contributed by atoms with E-state index in [-0.39, 0.29) is 120 Å². The maximum atomic E-state index is 12.9. The predicted molar refractivity (Wildman–Crippen MR) is 369 cm³/mol. The van der Waals surface area contributed by atoms with Gasteiger partial charge in [0.05, 0.1) is 24.3 Å². The van der Waals surface area contributed by atoms with Gasteiger partial charge in [0.15, 0.2) is 43.1 Å². The molecule has 0 saturated carbocycles. The maximum Gasteiger partial charge on any atom is 1.00 e. The van der Waals surface area contributed by atoms with Crippen molar-refractivity contribution < 1.29 is 177 Å². The zero-order valence-electron chi connectivity index (χ0n) is 60.8. The Bertz CT molecular complexity index is 4230. The van der Waals surface area contributed by atoms with Crippen LogP contribution in [-0.2, 0) is 65.1 Å². The molecule has 34 heteroatoms. The van der Waals surface area contributed by atoms with Gasteiger partial charge in [0, 0.05) is 6.54 Å². The molecule has 24 nitrogen and oxygen atoms in total. The number of aliphatic hydroxyl groups is 6. The second kappa shape index (κ2) is 47.9. The number of carbonyl (C=O) groups excluding carboxylic acids is 2. The van der Waals surface area contributed by atoms with Crippen LogP contribution in [0.1, 0.15) is 85.3 Å². The average molecular weight is 1580 g/mol. The predicted octanol–water partition coefficient (Wildman–Crippen LogP) is 2.46. The number of ether oxygens (including phenoxy) is 7. The molecular formula is C77H75F7N6Na2O18S. The molecule has 8 N–H and O–H groups in total. The van der Waals surface area contributed by atoms with Crippen molar-refractivity contribution in [1.82, 2.24) is 0 Å². The van der Waals surface area contributed by atoms with Crippen LogP contribution < -0.4 is 98.0 Å². The fraction of sp³-hybridized carbons (Fsp3) is 0.364. The Hall–Kier alpha value is -9.22. The van der Waals surface area contributed by atoms with Crippen molar-refractivity contribution in [3.05, 3.63) is 214 Å². The molecule has 0 aliphatic carbocycles. The maximum absolute atomic E-state index is 12.9. The molecule has 0 spiro atoms. The number of halogens is 7. The molecule has 111 heavy (non-hydrogen) atoms. The molecule has 14 rings (SSSR count). The van der Waals surface area contributed by atoms with E-state index >= 15 is 0 Å². The van der Waals surface area contributed by atoms with Gasteiger partial charge in [-0.2, -0.15) is 21.0 Å². The van der Waals surface area contributed by atoms with Crippen molar-refractivity contribution >= 4 is 23.2 Å². The minimum Gasteiger partial charge on any atom is -1.00 e. The largest absolute Gasteiger partial charge is 1.00 e. The SMILES string of the molecule is N#C[C@@H](O)[C@@H]1CCc2cc(F)ccc2O1.N#C[C@@H](O)[C@@H]1CCc2cc(F)ccc2O1.N#C[C@@H](O)[C@H]1CCc2cc(F)ccc2O1.N#C[C@@H](O)[C@H]1CCc2cc(F)ccc2O1.NC[C@@H](O)[C@H]1CCc2cc(F)ccc2O1.O=CC1CCc2cc(F)ccc2O1.O=C[C@@H](O)[C@@H]1CCc2cc(F)ccc2O1.O=S(=O)=O.[C-]#N.[H-].[Na+].[Na+]. The van der Waals surface area contributed by atoms with Crippen LogP contribution in [0.3, 0.4) is 0 Å². The van der Waals surface area contributed by atoms with Crippen molar-refractivity contribution in [2.24, 2.45) is 5.73 Å². The van der Waals surface area contributed by atoms with Crippen LogP contribution >= 0.6 is 0 Å². The second-order valence-electron chi connectivity index (χ2n) is 24.7. The third kappa shape index (κ3) is 29.4. The Balaban J connectivity index is 0.000000333. The number of hydrogen-bond donors (Lipinski definition) is 7. The fourth-order valence-electron chi connectivity index (χ4n) is 11.7. The fourth-order valence-corrected chi connectivity index (χ4v) is 11.7.